The largest absolute Gasteiger partial charge is 0.480 e. The van der Waals surface area contributed by atoms with Crippen LogP contribution >= 0.6 is 22.9 Å². The third-order valence-corrected chi connectivity index (χ3v) is 3.77. The second-order valence-electron chi connectivity index (χ2n) is 3.91. The van der Waals surface area contributed by atoms with Crippen molar-refractivity contribution < 1.29 is 14.3 Å². The quantitative estimate of drug-likeness (QED) is 0.889. The van der Waals surface area contributed by atoms with Gasteiger partial charge in [0.25, 0.3) is 0 Å². The smallest absolute Gasteiger partial charge is 0.325 e. The van der Waals surface area contributed by atoms with Crippen LogP contribution in [0.5, 0.6) is 0 Å². The van der Waals surface area contributed by atoms with Crippen molar-refractivity contribution in [2.45, 2.75) is 12.6 Å². The number of carboxylic acid groups (broad SMARTS) is 1. The molecular formula is C13H11ClFNO2S. The van der Waals surface area contributed by atoms with Crippen LogP contribution in [0.1, 0.15) is 16.5 Å². The maximum absolute atomic E-state index is 13.4. The molecule has 2 N–H and O–H groups in total. The summed E-state index contributed by atoms with van der Waals surface area (Å²) >= 11 is 7.11. The van der Waals surface area contributed by atoms with Gasteiger partial charge in [-0.3, -0.25) is 10.1 Å². The normalized spacial score (nSPS) is 12.3. The number of aliphatic carboxylic acids is 1. The van der Waals surface area contributed by atoms with E-state index in [2.05, 4.69) is 5.32 Å². The Morgan fingerprint density at radius 1 is 1.47 bits per heavy atom. The average Bonchev–Trinajstić information content (AvgIpc) is 2.86. The first kappa shape index (κ1) is 14.0. The van der Waals surface area contributed by atoms with E-state index in [1.807, 2.05) is 17.5 Å². The fourth-order valence-electron chi connectivity index (χ4n) is 1.66. The number of rotatable bonds is 5. The van der Waals surface area contributed by atoms with E-state index in [-0.39, 0.29) is 5.02 Å². The van der Waals surface area contributed by atoms with Crippen molar-refractivity contribution in [3.05, 3.63) is 57.0 Å². The lowest BCUT2D eigenvalue weighted by molar-refractivity contribution is -0.139. The van der Waals surface area contributed by atoms with Gasteiger partial charge in [-0.05, 0) is 29.1 Å². The topological polar surface area (TPSA) is 49.3 Å². The molecule has 1 atom stereocenters. The maximum Gasteiger partial charge on any atom is 0.325 e. The minimum Gasteiger partial charge on any atom is -0.480 e. The molecule has 3 nitrogen and oxygen atoms in total. The first-order valence-corrected chi connectivity index (χ1v) is 6.77. The highest BCUT2D eigenvalue weighted by molar-refractivity contribution is 7.09. The predicted molar refractivity (Wildman–Crippen MR) is 72.9 cm³/mol. The molecule has 0 radical (unpaired) electrons. The molecule has 2 rings (SSSR count). The first-order valence-electron chi connectivity index (χ1n) is 5.51. The molecular weight excluding hydrogens is 289 g/mol. The number of hydrogen-bond donors (Lipinski definition) is 2. The van der Waals surface area contributed by atoms with Crippen LogP contribution in [0.15, 0.2) is 35.7 Å². The Bertz CT molecular complexity index is 574. The highest BCUT2D eigenvalue weighted by atomic mass is 35.5. The van der Waals surface area contributed by atoms with Crippen LogP contribution in [0, 0.1) is 5.82 Å². The highest BCUT2D eigenvalue weighted by Crippen LogP contribution is 2.21. The van der Waals surface area contributed by atoms with Crippen LogP contribution in [0.2, 0.25) is 5.02 Å². The molecule has 0 fully saturated rings. The van der Waals surface area contributed by atoms with Crippen molar-refractivity contribution in [2.24, 2.45) is 0 Å². The van der Waals surface area contributed by atoms with Crippen LogP contribution in [0.25, 0.3) is 0 Å². The zero-order valence-electron chi connectivity index (χ0n) is 9.77. The lowest BCUT2D eigenvalue weighted by Gasteiger charge is -2.14. The second-order valence-corrected chi connectivity index (χ2v) is 5.34. The van der Waals surface area contributed by atoms with E-state index in [9.17, 15) is 14.3 Å². The molecule has 1 aromatic heterocycles. The zero-order chi connectivity index (χ0) is 13.8. The summed E-state index contributed by atoms with van der Waals surface area (Å²) in [6.45, 7) is 0.416. The number of carbonyl (C=O) groups is 1. The number of carboxylic acids is 1. The van der Waals surface area contributed by atoms with Crippen molar-refractivity contribution in [3.8, 4) is 0 Å². The van der Waals surface area contributed by atoms with Crippen molar-refractivity contribution in [1.82, 2.24) is 5.32 Å². The van der Waals surface area contributed by atoms with Gasteiger partial charge in [0.15, 0.2) is 0 Å². The molecule has 6 heteroatoms. The Hall–Kier alpha value is -1.43. The fraction of sp³-hybridized carbons (Fsp3) is 0.154. The van der Waals surface area contributed by atoms with Gasteiger partial charge in [-0.25, -0.2) is 4.39 Å². The second kappa shape index (κ2) is 6.14. The zero-order valence-corrected chi connectivity index (χ0v) is 11.3. The van der Waals surface area contributed by atoms with Gasteiger partial charge in [0.05, 0.1) is 5.02 Å². The molecule has 0 aliphatic rings. The van der Waals surface area contributed by atoms with E-state index < -0.39 is 17.8 Å². The number of nitrogens with one attached hydrogen (secondary N) is 1. The summed E-state index contributed by atoms with van der Waals surface area (Å²) in [5.74, 6) is -1.68. The number of thiophene rings is 1. The predicted octanol–water partition coefficient (Wildman–Crippen LogP) is 3.46. The van der Waals surface area contributed by atoms with Gasteiger partial charge < -0.3 is 5.11 Å². The van der Waals surface area contributed by atoms with Gasteiger partial charge in [0, 0.05) is 11.4 Å². The van der Waals surface area contributed by atoms with Crippen LogP contribution in [-0.4, -0.2) is 11.1 Å². The molecule has 1 heterocycles. The molecule has 1 unspecified atom stereocenters. The fourth-order valence-corrected chi connectivity index (χ4v) is 2.43. The Labute approximate surface area is 118 Å². The summed E-state index contributed by atoms with van der Waals surface area (Å²) in [4.78, 5) is 12.3. The van der Waals surface area contributed by atoms with Crippen LogP contribution in [-0.2, 0) is 11.3 Å². The Balaban J connectivity index is 2.15. The van der Waals surface area contributed by atoms with Gasteiger partial charge >= 0.3 is 5.97 Å². The molecule has 0 spiro atoms. The summed E-state index contributed by atoms with van der Waals surface area (Å²) in [6.07, 6.45) is 0. The van der Waals surface area contributed by atoms with E-state index in [4.69, 9.17) is 11.6 Å². The van der Waals surface area contributed by atoms with Crippen molar-refractivity contribution in [2.75, 3.05) is 0 Å². The molecule has 2 aromatic rings. The van der Waals surface area contributed by atoms with E-state index >= 15 is 0 Å². The molecule has 0 aliphatic heterocycles. The maximum atomic E-state index is 13.4. The summed E-state index contributed by atoms with van der Waals surface area (Å²) in [7, 11) is 0. The minimum absolute atomic E-state index is 0.0221. The number of hydrogen-bond acceptors (Lipinski definition) is 3. The number of benzene rings is 1. The standard InChI is InChI=1S/C13H11ClFNO2S/c14-10-4-3-8(6-11(10)15)12(13(17)18)16-7-9-2-1-5-19-9/h1-6,12,16H,7H2,(H,17,18). The molecule has 100 valence electrons. The summed E-state index contributed by atoms with van der Waals surface area (Å²) in [5, 5.41) is 14.0. The van der Waals surface area contributed by atoms with Crippen LogP contribution < -0.4 is 5.32 Å². The molecule has 0 aliphatic carbocycles. The summed E-state index contributed by atoms with van der Waals surface area (Å²) in [6, 6.07) is 6.83. The lowest BCUT2D eigenvalue weighted by atomic mass is 10.1. The van der Waals surface area contributed by atoms with E-state index in [1.54, 1.807) is 0 Å². The molecule has 19 heavy (non-hydrogen) atoms. The van der Waals surface area contributed by atoms with Crippen molar-refractivity contribution >= 4 is 28.9 Å². The monoisotopic (exact) mass is 299 g/mol. The Morgan fingerprint density at radius 2 is 2.26 bits per heavy atom. The Morgan fingerprint density at radius 3 is 2.84 bits per heavy atom. The number of halogens is 2. The van der Waals surface area contributed by atoms with Gasteiger partial charge in [0.2, 0.25) is 0 Å². The lowest BCUT2D eigenvalue weighted by Crippen LogP contribution is -2.27. The molecule has 0 bridgehead atoms. The van der Waals surface area contributed by atoms with E-state index in [1.165, 1.54) is 23.5 Å². The highest BCUT2D eigenvalue weighted by Gasteiger charge is 2.20. The Kier molecular flexibility index (Phi) is 4.52. The third kappa shape index (κ3) is 3.53. The van der Waals surface area contributed by atoms with E-state index in [0.717, 1.165) is 10.9 Å². The van der Waals surface area contributed by atoms with Crippen LogP contribution in [0.4, 0.5) is 4.39 Å². The van der Waals surface area contributed by atoms with E-state index in [0.29, 0.717) is 12.1 Å². The summed E-state index contributed by atoms with van der Waals surface area (Å²) < 4.78 is 13.4. The molecule has 0 amide bonds. The third-order valence-electron chi connectivity index (χ3n) is 2.58. The first-order chi connectivity index (χ1) is 9.08. The van der Waals surface area contributed by atoms with Crippen molar-refractivity contribution in [1.29, 1.82) is 0 Å². The van der Waals surface area contributed by atoms with Gasteiger partial charge in [-0.1, -0.05) is 23.7 Å². The van der Waals surface area contributed by atoms with Gasteiger partial charge in [-0.2, -0.15) is 0 Å². The SMILES string of the molecule is O=C(O)C(NCc1cccs1)c1ccc(Cl)c(F)c1. The summed E-state index contributed by atoms with van der Waals surface area (Å²) in [5.41, 5.74) is 0.339. The van der Waals surface area contributed by atoms with Gasteiger partial charge in [0.1, 0.15) is 11.9 Å². The van der Waals surface area contributed by atoms with Crippen LogP contribution in [0.3, 0.4) is 0 Å². The van der Waals surface area contributed by atoms with Crippen molar-refractivity contribution in [3.63, 3.8) is 0 Å². The average molecular weight is 300 g/mol. The van der Waals surface area contributed by atoms with Gasteiger partial charge in [-0.15, -0.1) is 11.3 Å². The molecule has 1 aromatic carbocycles. The molecule has 0 saturated carbocycles. The molecule has 0 saturated heterocycles. The minimum atomic E-state index is -1.06.